The van der Waals surface area contributed by atoms with Crippen LogP contribution >= 0.6 is 0 Å². The van der Waals surface area contributed by atoms with Crippen LogP contribution < -0.4 is 10.1 Å². The molecule has 1 aliphatic carbocycles. The van der Waals surface area contributed by atoms with Crippen LogP contribution in [0.15, 0.2) is 61.2 Å². The zero-order valence-corrected chi connectivity index (χ0v) is 23.7. The van der Waals surface area contributed by atoms with Crippen LogP contribution in [0.5, 0.6) is 5.75 Å². The van der Waals surface area contributed by atoms with Gasteiger partial charge in [-0.3, -0.25) is 4.79 Å². The summed E-state index contributed by atoms with van der Waals surface area (Å²) >= 11 is 0. The summed E-state index contributed by atoms with van der Waals surface area (Å²) in [6.45, 7) is 13.3. The average molecular weight is 504 g/mol. The van der Waals surface area contributed by atoms with Crippen LogP contribution in [0.25, 0.3) is 0 Å². The van der Waals surface area contributed by atoms with E-state index < -0.39 is 0 Å². The van der Waals surface area contributed by atoms with Gasteiger partial charge in [0.15, 0.2) is 0 Å². The smallest absolute Gasteiger partial charge is 0.217 e. The molecule has 2 aromatic rings. The van der Waals surface area contributed by atoms with Crippen molar-refractivity contribution in [1.82, 2.24) is 5.32 Å². The molecule has 2 aromatic carbocycles. The number of rotatable bonds is 13. The first-order valence-corrected chi connectivity index (χ1v) is 14.5. The van der Waals surface area contributed by atoms with E-state index in [4.69, 9.17) is 4.74 Å². The number of unbranched alkanes of at least 4 members (excludes halogenated alkanes) is 3. The Morgan fingerprint density at radius 1 is 1.11 bits per heavy atom. The molecule has 0 heterocycles. The van der Waals surface area contributed by atoms with Gasteiger partial charge in [-0.2, -0.15) is 0 Å². The Kier molecular flexibility index (Phi) is 11.3. The maximum Gasteiger partial charge on any atom is 0.217 e. The fourth-order valence-corrected chi connectivity index (χ4v) is 6.00. The van der Waals surface area contributed by atoms with Gasteiger partial charge in [0, 0.05) is 13.0 Å². The average Bonchev–Trinajstić information content (AvgIpc) is 3.07. The van der Waals surface area contributed by atoms with Crippen molar-refractivity contribution < 1.29 is 9.53 Å². The number of hydrogen-bond donors (Lipinski definition) is 1. The van der Waals surface area contributed by atoms with Gasteiger partial charge in [0.25, 0.3) is 0 Å². The first-order chi connectivity index (χ1) is 17.8. The van der Waals surface area contributed by atoms with E-state index in [-0.39, 0.29) is 17.4 Å². The predicted octanol–water partition coefficient (Wildman–Crippen LogP) is 8.87. The van der Waals surface area contributed by atoms with Crippen molar-refractivity contribution in [3.8, 4) is 5.75 Å². The summed E-state index contributed by atoms with van der Waals surface area (Å²) < 4.78 is 6.63. The number of nitrogens with one attached hydrogen (secondary N) is 1. The van der Waals surface area contributed by atoms with Crippen molar-refractivity contribution in [2.75, 3.05) is 0 Å². The van der Waals surface area contributed by atoms with Crippen LogP contribution in [-0.4, -0.2) is 11.9 Å². The molecule has 0 aromatic heterocycles. The summed E-state index contributed by atoms with van der Waals surface area (Å²) in [6.07, 6.45) is 13.6. The highest BCUT2D eigenvalue weighted by atomic mass is 16.5. The van der Waals surface area contributed by atoms with Gasteiger partial charge in [0.05, 0.1) is 0 Å². The normalized spacial score (nSPS) is 20.2. The molecule has 1 aliphatic rings. The molecule has 1 N–H and O–H groups in total. The lowest BCUT2D eigenvalue weighted by Gasteiger charge is -2.31. The van der Waals surface area contributed by atoms with Crippen molar-refractivity contribution in [2.45, 2.75) is 116 Å². The molecule has 3 rings (SSSR count). The Bertz CT molecular complexity index is 981. The van der Waals surface area contributed by atoms with Gasteiger partial charge >= 0.3 is 0 Å². The topological polar surface area (TPSA) is 38.3 Å². The summed E-state index contributed by atoms with van der Waals surface area (Å²) in [5.74, 6) is 1.89. The molecule has 3 heteroatoms. The largest absolute Gasteiger partial charge is 0.489 e. The van der Waals surface area contributed by atoms with E-state index >= 15 is 0 Å². The molecule has 3 atom stereocenters. The van der Waals surface area contributed by atoms with Gasteiger partial charge in [0.1, 0.15) is 12.4 Å². The van der Waals surface area contributed by atoms with Gasteiger partial charge in [0.2, 0.25) is 5.91 Å². The number of amides is 1. The number of carbonyl (C=O) groups is 1. The molecule has 0 spiro atoms. The molecule has 3 nitrogen and oxygen atoms in total. The fourth-order valence-electron chi connectivity index (χ4n) is 6.00. The zero-order chi connectivity index (χ0) is 26.7. The predicted molar refractivity (Wildman–Crippen MR) is 156 cm³/mol. The van der Waals surface area contributed by atoms with Crippen LogP contribution in [0.2, 0.25) is 0 Å². The van der Waals surface area contributed by atoms with E-state index in [0.29, 0.717) is 18.4 Å². The minimum atomic E-state index is 0.0617. The van der Waals surface area contributed by atoms with E-state index in [1.165, 1.54) is 48.8 Å². The van der Waals surface area contributed by atoms with E-state index in [1.54, 1.807) is 6.92 Å². The first-order valence-electron chi connectivity index (χ1n) is 14.5. The Labute approximate surface area is 226 Å². The van der Waals surface area contributed by atoms with E-state index in [2.05, 4.69) is 81.2 Å². The standard InChI is InChI=1S/C34H49NO2/c1-6-8-9-13-22-34(4,5)29-20-21-31(33(23-29)37-25-27-16-11-10-12-17-27)32-24-30(35-26(3)36)19-14-18-28(32)15-7-2/h7,10-12,16-17,20-21,23,28,30,32H,2,6,8-9,13-15,18-19,22,24-25H2,1,3-5H3,(H,35,36). The van der Waals surface area contributed by atoms with Gasteiger partial charge < -0.3 is 10.1 Å². The highest BCUT2D eigenvalue weighted by molar-refractivity contribution is 5.73. The molecule has 1 fully saturated rings. The molecule has 0 saturated heterocycles. The second kappa shape index (κ2) is 14.4. The van der Waals surface area contributed by atoms with Crippen LogP contribution in [-0.2, 0) is 16.8 Å². The summed E-state index contributed by atoms with van der Waals surface area (Å²) in [7, 11) is 0. The SMILES string of the molecule is C=CCC1CCCC(NC(C)=O)CC1c1ccc(C(C)(C)CCCCCC)cc1OCc1ccccc1. The third-order valence-corrected chi connectivity index (χ3v) is 8.20. The molecule has 1 amide bonds. The zero-order valence-electron chi connectivity index (χ0n) is 23.7. The highest BCUT2D eigenvalue weighted by Gasteiger charge is 2.32. The van der Waals surface area contributed by atoms with Crippen molar-refractivity contribution >= 4 is 5.91 Å². The molecule has 37 heavy (non-hydrogen) atoms. The molecular formula is C34H49NO2. The lowest BCUT2D eigenvalue weighted by Crippen LogP contribution is -2.34. The second-order valence-electron chi connectivity index (χ2n) is 11.7. The van der Waals surface area contributed by atoms with Crippen LogP contribution in [0.1, 0.15) is 115 Å². The van der Waals surface area contributed by atoms with Crippen molar-refractivity contribution in [3.63, 3.8) is 0 Å². The summed E-state index contributed by atoms with van der Waals surface area (Å²) in [5.41, 5.74) is 3.91. The molecule has 0 radical (unpaired) electrons. The lowest BCUT2D eigenvalue weighted by atomic mass is 9.76. The van der Waals surface area contributed by atoms with Crippen molar-refractivity contribution in [3.05, 3.63) is 77.9 Å². The van der Waals surface area contributed by atoms with Crippen LogP contribution in [0.3, 0.4) is 0 Å². The Morgan fingerprint density at radius 2 is 1.89 bits per heavy atom. The number of allylic oxidation sites excluding steroid dienone is 1. The fraction of sp³-hybridized carbons (Fsp3) is 0.559. The minimum absolute atomic E-state index is 0.0617. The molecular weight excluding hydrogens is 454 g/mol. The maximum absolute atomic E-state index is 11.9. The van der Waals surface area contributed by atoms with Crippen molar-refractivity contribution in [2.24, 2.45) is 5.92 Å². The third-order valence-electron chi connectivity index (χ3n) is 8.20. The first kappa shape index (κ1) is 29.0. The monoisotopic (exact) mass is 503 g/mol. The van der Waals surface area contributed by atoms with Gasteiger partial charge in [-0.25, -0.2) is 0 Å². The Hall–Kier alpha value is -2.55. The Morgan fingerprint density at radius 3 is 2.59 bits per heavy atom. The summed E-state index contributed by atoms with van der Waals surface area (Å²) in [5, 5.41) is 3.22. The number of benzene rings is 2. The molecule has 0 bridgehead atoms. The van der Waals surface area contributed by atoms with Gasteiger partial charge in [-0.1, -0.05) is 101 Å². The minimum Gasteiger partial charge on any atom is -0.489 e. The number of carbonyl (C=O) groups excluding carboxylic acids is 1. The quantitative estimate of drug-likeness (QED) is 0.168. The Balaban J connectivity index is 1.95. The summed E-state index contributed by atoms with van der Waals surface area (Å²) in [6, 6.07) is 17.6. The molecule has 202 valence electrons. The van der Waals surface area contributed by atoms with Crippen LogP contribution in [0, 0.1) is 5.92 Å². The third kappa shape index (κ3) is 8.76. The molecule has 3 unspecified atom stereocenters. The number of hydrogen-bond acceptors (Lipinski definition) is 2. The second-order valence-corrected chi connectivity index (χ2v) is 11.7. The summed E-state index contributed by atoms with van der Waals surface area (Å²) in [4.78, 5) is 11.9. The van der Waals surface area contributed by atoms with Crippen molar-refractivity contribution in [1.29, 1.82) is 0 Å². The van der Waals surface area contributed by atoms with E-state index in [1.807, 2.05) is 6.07 Å². The molecule has 1 saturated carbocycles. The highest BCUT2D eigenvalue weighted by Crippen LogP contribution is 2.44. The van der Waals surface area contributed by atoms with Gasteiger partial charge in [-0.05, 0) is 72.1 Å². The van der Waals surface area contributed by atoms with E-state index in [9.17, 15) is 4.79 Å². The number of ether oxygens (including phenoxy) is 1. The maximum atomic E-state index is 11.9. The van der Waals surface area contributed by atoms with Gasteiger partial charge in [-0.15, -0.1) is 6.58 Å². The van der Waals surface area contributed by atoms with Crippen LogP contribution in [0.4, 0.5) is 0 Å². The molecule has 0 aliphatic heterocycles. The van der Waals surface area contributed by atoms with E-state index in [0.717, 1.165) is 37.9 Å². The lowest BCUT2D eigenvalue weighted by molar-refractivity contribution is -0.119.